The zero-order valence-electron chi connectivity index (χ0n) is 14.1. The van der Waals surface area contributed by atoms with Crippen LogP contribution in [0, 0.1) is 0 Å². The van der Waals surface area contributed by atoms with E-state index in [0.717, 1.165) is 21.9 Å². The summed E-state index contributed by atoms with van der Waals surface area (Å²) in [7, 11) is -3.35. The first-order chi connectivity index (χ1) is 12.8. The first-order valence-electron chi connectivity index (χ1n) is 7.72. The van der Waals surface area contributed by atoms with Crippen molar-refractivity contribution in [2.75, 3.05) is 11.6 Å². The van der Waals surface area contributed by atoms with Crippen LogP contribution in [0.2, 0.25) is 0 Å². The van der Waals surface area contributed by atoms with Crippen LogP contribution in [0.15, 0.2) is 62.5 Å². The molecule has 2 heterocycles. The van der Waals surface area contributed by atoms with Crippen LogP contribution in [-0.4, -0.2) is 30.1 Å². The summed E-state index contributed by atoms with van der Waals surface area (Å²) in [6.45, 7) is 0.0655. The molecule has 27 heavy (non-hydrogen) atoms. The second kappa shape index (κ2) is 7.33. The van der Waals surface area contributed by atoms with Gasteiger partial charge in [-0.15, -0.1) is 11.3 Å². The van der Waals surface area contributed by atoms with Gasteiger partial charge in [0, 0.05) is 23.0 Å². The van der Waals surface area contributed by atoms with Gasteiger partial charge in [-0.05, 0) is 35.7 Å². The molecule has 0 saturated heterocycles. The maximum absolute atomic E-state index is 12.5. The van der Waals surface area contributed by atoms with Crippen LogP contribution in [-0.2, 0) is 16.4 Å². The van der Waals surface area contributed by atoms with Gasteiger partial charge < -0.3 is 10.3 Å². The van der Waals surface area contributed by atoms with Crippen molar-refractivity contribution in [2.45, 2.75) is 11.4 Å². The summed E-state index contributed by atoms with van der Waals surface area (Å²) in [4.78, 5) is 40.2. The van der Waals surface area contributed by atoms with Crippen molar-refractivity contribution >= 4 is 32.8 Å². The largest absolute Gasteiger partial charge is 0.328 e. The number of rotatable bonds is 5. The number of H-pyrrole nitrogens is 1. The first kappa shape index (κ1) is 18.8. The number of nitrogens with zero attached hydrogens (tertiary/aromatic N) is 1. The zero-order chi connectivity index (χ0) is 19.6. The monoisotopic (exact) mass is 405 g/mol. The number of hydrogen-bond acceptors (Lipinski definition) is 6. The number of nitrogens with one attached hydrogen (secondary N) is 2. The molecule has 0 saturated carbocycles. The molecule has 2 N–H and O–H groups in total. The number of hydrogen-bond donors (Lipinski definition) is 2. The second-order valence-corrected chi connectivity index (χ2v) is 8.78. The Hall–Kier alpha value is -2.98. The van der Waals surface area contributed by atoms with E-state index in [1.807, 2.05) is 5.38 Å². The minimum absolute atomic E-state index is 0.0655. The summed E-state index contributed by atoms with van der Waals surface area (Å²) in [5.41, 5.74) is -1.22. The van der Waals surface area contributed by atoms with Crippen molar-refractivity contribution in [3.05, 3.63) is 79.3 Å². The van der Waals surface area contributed by atoms with E-state index in [-0.39, 0.29) is 17.0 Å². The van der Waals surface area contributed by atoms with Crippen LogP contribution in [0.25, 0.3) is 0 Å². The highest BCUT2D eigenvalue weighted by Gasteiger charge is 2.16. The molecule has 0 aliphatic heterocycles. The number of sulfone groups is 1. The average Bonchev–Trinajstić information content (AvgIpc) is 3.11. The van der Waals surface area contributed by atoms with Crippen LogP contribution in [0.4, 0.5) is 5.69 Å². The molecule has 0 aliphatic rings. The molecule has 0 spiro atoms. The topological polar surface area (TPSA) is 118 Å². The van der Waals surface area contributed by atoms with Crippen LogP contribution in [0.5, 0.6) is 0 Å². The molecule has 8 nitrogen and oxygen atoms in total. The van der Waals surface area contributed by atoms with Gasteiger partial charge >= 0.3 is 5.69 Å². The highest BCUT2D eigenvalue weighted by Crippen LogP contribution is 2.14. The molecule has 0 aliphatic carbocycles. The lowest BCUT2D eigenvalue weighted by Gasteiger charge is -2.08. The minimum atomic E-state index is -3.35. The van der Waals surface area contributed by atoms with Gasteiger partial charge in [0.15, 0.2) is 9.84 Å². The number of thiophene rings is 1. The number of benzene rings is 1. The number of carbonyl (C=O) groups excluding carboxylic acids is 1. The number of carbonyl (C=O) groups is 1. The Morgan fingerprint density at radius 2 is 1.89 bits per heavy atom. The summed E-state index contributed by atoms with van der Waals surface area (Å²) in [5, 5.41) is 4.34. The van der Waals surface area contributed by atoms with Gasteiger partial charge in [-0.3, -0.25) is 14.2 Å². The van der Waals surface area contributed by atoms with Crippen molar-refractivity contribution in [1.82, 2.24) is 9.55 Å². The molecule has 0 unspecified atom stereocenters. The van der Waals surface area contributed by atoms with E-state index in [1.54, 1.807) is 12.1 Å². The van der Waals surface area contributed by atoms with E-state index in [2.05, 4.69) is 10.3 Å². The van der Waals surface area contributed by atoms with Crippen molar-refractivity contribution < 1.29 is 13.2 Å². The Morgan fingerprint density at radius 1 is 1.19 bits per heavy atom. The van der Waals surface area contributed by atoms with E-state index in [4.69, 9.17) is 0 Å². The maximum atomic E-state index is 12.5. The predicted molar refractivity (Wildman–Crippen MR) is 102 cm³/mol. The molecule has 1 aromatic carbocycles. The van der Waals surface area contributed by atoms with Gasteiger partial charge in [-0.1, -0.05) is 6.07 Å². The van der Waals surface area contributed by atoms with Crippen LogP contribution >= 0.6 is 11.3 Å². The summed E-state index contributed by atoms with van der Waals surface area (Å²) in [6.07, 6.45) is 2.15. The molecule has 2 aromatic heterocycles. The molecule has 3 aromatic rings. The number of aromatic amines is 1. The number of anilines is 1. The van der Waals surface area contributed by atoms with Crippen LogP contribution in [0.3, 0.4) is 0 Å². The Kier molecular flexibility index (Phi) is 5.10. The predicted octanol–water partition coefficient (Wildman–Crippen LogP) is 1.30. The Labute approximate surface area is 158 Å². The van der Waals surface area contributed by atoms with Gasteiger partial charge in [-0.2, -0.15) is 0 Å². The fraction of sp³-hybridized carbons (Fsp3) is 0.118. The molecule has 140 valence electrons. The van der Waals surface area contributed by atoms with Crippen LogP contribution < -0.4 is 16.6 Å². The van der Waals surface area contributed by atoms with E-state index >= 15 is 0 Å². The molecule has 0 atom stereocenters. The van der Waals surface area contributed by atoms with Crippen molar-refractivity contribution in [3.63, 3.8) is 0 Å². The van der Waals surface area contributed by atoms with E-state index in [9.17, 15) is 22.8 Å². The van der Waals surface area contributed by atoms with Crippen molar-refractivity contribution in [1.29, 1.82) is 0 Å². The SMILES string of the molecule is CS(=O)(=O)c1ccc(NC(=O)c2c[nH]c(=O)n(Cc3cccs3)c2=O)cc1. The van der Waals surface area contributed by atoms with Gasteiger partial charge in [0.05, 0.1) is 11.4 Å². The van der Waals surface area contributed by atoms with E-state index in [1.165, 1.54) is 35.6 Å². The van der Waals surface area contributed by atoms with Crippen LogP contribution in [0.1, 0.15) is 15.2 Å². The molecule has 0 fully saturated rings. The van der Waals surface area contributed by atoms with E-state index in [0.29, 0.717) is 5.69 Å². The summed E-state index contributed by atoms with van der Waals surface area (Å²) in [6, 6.07) is 9.14. The molecule has 3 rings (SSSR count). The fourth-order valence-corrected chi connectivity index (χ4v) is 3.68. The van der Waals surface area contributed by atoms with Crippen molar-refractivity contribution in [2.24, 2.45) is 0 Å². The number of amides is 1. The standard InChI is InChI=1S/C17H15N3O5S2/c1-27(24,25)13-6-4-11(5-7-13)19-15(21)14-9-18-17(23)20(16(14)22)10-12-3-2-8-26-12/h2-9H,10H2,1H3,(H,18,23)(H,19,21). The summed E-state index contributed by atoms with van der Waals surface area (Å²) in [5.74, 6) is -0.705. The number of aromatic nitrogens is 2. The quantitative estimate of drug-likeness (QED) is 0.663. The summed E-state index contributed by atoms with van der Waals surface area (Å²) >= 11 is 1.39. The molecule has 1 amide bonds. The Morgan fingerprint density at radius 3 is 2.48 bits per heavy atom. The molecular weight excluding hydrogens is 390 g/mol. The highest BCUT2D eigenvalue weighted by molar-refractivity contribution is 7.90. The molecule has 0 radical (unpaired) electrons. The zero-order valence-corrected chi connectivity index (χ0v) is 15.8. The molecule has 0 bridgehead atoms. The molecular formula is C17H15N3O5S2. The fourth-order valence-electron chi connectivity index (χ4n) is 2.36. The normalized spacial score (nSPS) is 11.3. The first-order valence-corrected chi connectivity index (χ1v) is 10.5. The third-order valence-corrected chi connectivity index (χ3v) is 5.73. The maximum Gasteiger partial charge on any atom is 0.328 e. The van der Waals surface area contributed by atoms with Gasteiger partial charge in [-0.25, -0.2) is 13.2 Å². The lowest BCUT2D eigenvalue weighted by atomic mass is 10.2. The minimum Gasteiger partial charge on any atom is -0.322 e. The lowest BCUT2D eigenvalue weighted by Crippen LogP contribution is -2.39. The van der Waals surface area contributed by atoms with E-state index < -0.39 is 27.0 Å². The Bertz CT molecular complexity index is 1190. The second-order valence-electron chi connectivity index (χ2n) is 5.73. The molecule has 10 heteroatoms. The highest BCUT2D eigenvalue weighted by atomic mass is 32.2. The van der Waals surface area contributed by atoms with Gasteiger partial charge in [0.2, 0.25) is 0 Å². The smallest absolute Gasteiger partial charge is 0.322 e. The summed E-state index contributed by atoms with van der Waals surface area (Å²) < 4.78 is 23.9. The van der Waals surface area contributed by atoms with Crippen molar-refractivity contribution in [3.8, 4) is 0 Å². The van der Waals surface area contributed by atoms with Gasteiger partial charge in [0.25, 0.3) is 11.5 Å². The lowest BCUT2D eigenvalue weighted by molar-refractivity contribution is 0.102. The third-order valence-electron chi connectivity index (χ3n) is 3.74. The van der Waals surface area contributed by atoms with Gasteiger partial charge in [0.1, 0.15) is 5.56 Å². The Balaban J connectivity index is 1.87. The third kappa shape index (κ3) is 4.23. The average molecular weight is 405 g/mol.